The Kier molecular flexibility index (Phi) is 5.07. The van der Waals surface area contributed by atoms with E-state index < -0.39 is 0 Å². The fraction of sp³-hybridized carbons (Fsp3) is 1.00. The Morgan fingerprint density at radius 1 is 1.27 bits per heavy atom. The highest BCUT2D eigenvalue weighted by molar-refractivity contribution is 4.85. The predicted octanol–water partition coefficient (Wildman–Crippen LogP) is 2.48. The van der Waals surface area contributed by atoms with Gasteiger partial charge in [-0.1, -0.05) is 33.6 Å². The minimum absolute atomic E-state index is 0.551. The van der Waals surface area contributed by atoms with E-state index in [1.54, 1.807) is 0 Å². The Hall–Kier alpha value is -0.0800. The van der Waals surface area contributed by atoms with E-state index in [1.807, 2.05) is 0 Å². The van der Waals surface area contributed by atoms with Gasteiger partial charge < -0.3 is 5.73 Å². The molecule has 1 aliphatic carbocycles. The highest BCUT2D eigenvalue weighted by Gasteiger charge is 2.29. The number of hydrogen-bond donors (Lipinski definition) is 1. The van der Waals surface area contributed by atoms with Crippen LogP contribution in [0, 0.1) is 11.8 Å². The molecule has 1 saturated carbocycles. The second-order valence-corrected chi connectivity index (χ2v) is 5.54. The first-order chi connectivity index (χ1) is 7.07. The van der Waals surface area contributed by atoms with Gasteiger partial charge in [0, 0.05) is 18.6 Å². The maximum absolute atomic E-state index is 5.89. The lowest BCUT2D eigenvalue weighted by Gasteiger charge is -2.42. The first kappa shape index (κ1) is 13.0. The summed E-state index contributed by atoms with van der Waals surface area (Å²) in [6.45, 7) is 7.74. The van der Waals surface area contributed by atoms with Crippen LogP contribution in [0.2, 0.25) is 0 Å². The van der Waals surface area contributed by atoms with Gasteiger partial charge in [-0.25, -0.2) is 0 Å². The van der Waals surface area contributed by atoms with E-state index in [4.69, 9.17) is 5.73 Å². The number of rotatable bonds is 4. The summed E-state index contributed by atoms with van der Waals surface area (Å²) in [4.78, 5) is 2.55. The summed E-state index contributed by atoms with van der Waals surface area (Å²) in [6, 6.07) is 1.31. The van der Waals surface area contributed by atoms with Crippen molar-refractivity contribution in [2.75, 3.05) is 13.6 Å². The van der Waals surface area contributed by atoms with Crippen LogP contribution >= 0.6 is 0 Å². The zero-order valence-corrected chi connectivity index (χ0v) is 10.9. The van der Waals surface area contributed by atoms with Crippen molar-refractivity contribution in [3.8, 4) is 0 Å². The molecule has 0 bridgehead atoms. The lowest BCUT2D eigenvalue weighted by atomic mass is 9.83. The van der Waals surface area contributed by atoms with E-state index in [0.29, 0.717) is 12.0 Å². The van der Waals surface area contributed by atoms with Crippen LogP contribution < -0.4 is 5.73 Å². The van der Waals surface area contributed by atoms with E-state index in [0.717, 1.165) is 18.5 Å². The van der Waals surface area contributed by atoms with Gasteiger partial charge in [0.2, 0.25) is 0 Å². The summed E-state index contributed by atoms with van der Waals surface area (Å²) in [5, 5.41) is 0. The van der Waals surface area contributed by atoms with Crippen molar-refractivity contribution in [2.24, 2.45) is 17.6 Å². The van der Waals surface area contributed by atoms with Crippen LogP contribution in [0.5, 0.6) is 0 Å². The molecule has 0 aromatic rings. The second-order valence-electron chi connectivity index (χ2n) is 5.54. The SMILES string of the molecule is CC(C)C(CN)N(C)C1CCCCC1C. The van der Waals surface area contributed by atoms with Gasteiger partial charge in [-0.2, -0.15) is 0 Å². The average molecular weight is 212 g/mol. The number of hydrogen-bond acceptors (Lipinski definition) is 2. The van der Waals surface area contributed by atoms with Crippen molar-refractivity contribution >= 4 is 0 Å². The summed E-state index contributed by atoms with van der Waals surface area (Å²) < 4.78 is 0. The molecule has 0 radical (unpaired) electrons. The zero-order chi connectivity index (χ0) is 11.4. The van der Waals surface area contributed by atoms with E-state index >= 15 is 0 Å². The van der Waals surface area contributed by atoms with Crippen LogP contribution in [0.1, 0.15) is 46.5 Å². The summed E-state index contributed by atoms with van der Waals surface area (Å²) in [7, 11) is 2.27. The van der Waals surface area contributed by atoms with E-state index in [2.05, 4.69) is 32.7 Å². The molecule has 0 aromatic heterocycles. The largest absolute Gasteiger partial charge is 0.329 e. The molecule has 2 nitrogen and oxygen atoms in total. The van der Waals surface area contributed by atoms with Crippen LogP contribution in [-0.2, 0) is 0 Å². The van der Waals surface area contributed by atoms with Gasteiger partial charge in [0.25, 0.3) is 0 Å². The van der Waals surface area contributed by atoms with Crippen molar-refractivity contribution in [3.63, 3.8) is 0 Å². The smallest absolute Gasteiger partial charge is 0.0241 e. The molecule has 2 N–H and O–H groups in total. The van der Waals surface area contributed by atoms with Crippen LogP contribution in [0.4, 0.5) is 0 Å². The van der Waals surface area contributed by atoms with Crippen LogP contribution in [0.3, 0.4) is 0 Å². The van der Waals surface area contributed by atoms with Gasteiger partial charge in [0.1, 0.15) is 0 Å². The Morgan fingerprint density at radius 3 is 2.33 bits per heavy atom. The molecular weight excluding hydrogens is 184 g/mol. The maximum atomic E-state index is 5.89. The van der Waals surface area contributed by atoms with Crippen molar-refractivity contribution < 1.29 is 0 Å². The van der Waals surface area contributed by atoms with Crippen LogP contribution in [0.25, 0.3) is 0 Å². The summed E-state index contributed by atoms with van der Waals surface area (Å²) >= 11 is 0. The van der Waals surface area contributed by atoms with E-state index in [-0.39, 0.29) is 0 Å². The second kappa shape index (κ2) is 5.86. The molecule has 3 atom stereocenters. The van der Waals surface area contributed by atoms with Crippen molar-refractivity contribution in [1.82, 2.24) is 4.90 Å². The third-order valence-corrected chi connectivity index (χ3v) is 4.12. The fourth-order valence-electron chi connectivity index (χ4n) is 3.06. The molecule has 15 heavy (non-hydrogen) atoms. The molecule has 0 aliphatic heterocycles. The molecule has 1 fully saturated rings. The zero-order valence-electron chi connectivity index (χ0n) is 10.9. The Labute approximate surface area is 95.2 Å². The van der Waals surface area contributed by atoms with Crippen molar-refractivity contribution in [2.45, 2.75) is 58.5 Å². The van der Waals surface area contributed by atoms with Crippen molar-refractivity contribution in [3.05, 3.63) is 0 Å². The van der Waals surface area contributed by atoms with Gasteiger partial charge in [0.05, 0.1) is 0 Å². The highest BCUT2D eigenvalue weighted by Crippen LogP contribution is 2.29. The van der Waals surface area contributed by atoms with Crippen molar-refractivity contribution in [1.29, 1.82) is 0 Å². The molecular formula is C13H28N2. The summed E-state index contributed by atoms with van der Waals surface area (Å²) in [5.41, 5.74) is 5.89. The number of nitrogens with zero attached hydrogens (tertiary/aromatic N) is 1. The highest BCUT2D eigenvalue weighted by atomic mass is 15.2. The first-order valence-corrected chi connectivity index (χ1v) is 6.50. The lowest BCUT2D eigenvalue weighted by molar-refractivity contribution is 0.0782. The van der Waals surface area contributed by atoms with Gasteiger partial charge >= 0.3 is 0 Å². The number of nitrogens with two attached hydrogens (primary N) is 1. The van der Waals surface area contributed by atoms with Gasteiger partial charge in [0.15, 0.2) is 0 Å². The standard InChI is InChI=1S/C13H28N2/c1-10(2)13(9-14)15(4)12-8-6-5-7-11(12)3/h10-13H,5-9,14H2,1-4H3. The topological polar surface area (TPSA) is 29.3 Å². The Morgan fingerprint density at radius 2 is 1.87 bits per heavy atom. The first-order valence-electron chi connectivity index (χ1n) is 6.50. The van der Waals surface area contributed by atoms with Gasteiger partial charge in [-0.3, -0.25) is 4.90 Å². The fourth-order valence-corrected chi connectivity index (χ4v) is 3.06. The Balaban J connectivity index is 2.59. The van der Waals surface area contributed by atoms with Gasteiger partial charge in [-0.05, 0) is 31.7 Å². The van der Waals surface area contributed by atoms with E-state index in [1.165, 1.54) is 25.7 Å². The minimum atomic E-state index is 0.551. The monoisotopic (exact) mass is 212 g/mol. The molecule has 0 amide bonds. The van der Waals surface area contributed by atoms with Gasteiger partial charge in [-0.15, -0.1) is 0 Å². The normalized spacial score (nSPS) is 29.8. The Bertz CT molecular complexity index is 179. The third kappa shape index (κ3) is 3.18. The molecule has 0 heterocycles. The van der Waals surface area contributed by atoms with Crippen LogP contribution in [0.15, 0.2) is 0 Å². The molecule has 0 saturated heterocycles. The molecule has 1 aliphatic rings. The lowest BCUT2D eigenvalue weighted by Crippen LogP contribution is -2.50. The molecule has 0 spiro atoms. The van der Waals surface area contributed by atoms with Crippen LogP contribution in [-0.4, -0.2) is 30.6 Å². The maximum Gasteiger partial charge on any atom is 0.0241 e. The molecule has 3 unspecified atom stereocenters. The molecule has 0 aromatic carbocycles. The predicted molar refractivity (Wildman–Crippen MR) is 66.9 cm³/mol. The number of likely N-dealkylation sites (N-methyl/N-ethyl adjacent to an activating group) is 1. The molecule has 90 valence electrons. The summed E-state index contributed by atoms with van der Waals surface area (Å²) in [5.74, 6) is 1.51. The third-order valence-electron chi connectivity index (χ3n) is 4.12. The summed E-state index contributed by atoms with van der Waals surface area (Å²) in [6.07, 6.45) is 5.57. The minimum Gasteiger partial charge on any atom is -0.329 e. The quantitative estimate of drug-likeness (QED) is 0.776. The molecule has 2 heteroatoms. The molecule has 1 rings (SSSR count). The average Bonchev–Trinajstić information content (AvgIpc) is 2.18. The van der Waals surface area contributed by atoms with E-state index in [9.17, 15) is 0 Å².